The number of hydrogen-bond acceptors (Lipinski definition) is 5. The lowest BCUT2D eigenvalue weighted by molar-refractivity contribution is -0.984. The van der Waals surface area contributed by atoms with E-state index < -0.39 is 6.10 Å². The minimum atomic E-state index is -0.422. The number of hydrogen-bond donors (Lipinski definition) is 0. The number of rotatable bonds is 12. The van der Waals surface area contributed by atoms with Gasteiger partial charge in [-0.05, 0) is 46.9 Å². The summed E-state index contributed by atoms with van der Waals surface area (Å²) >= 11 is 7.25. The fraction of sp³-hybridized carbons (Fsp3) is 0.182. The Morgan fingerprint density at radius 3 is 1.97 bits per heavy atom. The summed E-state index contributed by atoms with van der Waals surface area (Å²) in [4.78, 5) is 15.0. The predicted molar refractivity (Wildman–Crippen MR) is 251 cm³/mol. The van der Waals surface area contributed by atoms with Crippen LogP contribution in [0, 0.1) is 11.8 Å². The summed E-state index contributed by atoms with van der Waals surface area (Å²) in [6, 6.07) is 56.6. The van der Waals surface area contributed by atoms with Gasteiger partial charge in [0.05, 0.1) is 31.3 Å². The number of nitrogens with zero attached hydrogens (tertiary/aromatic N) is 4. The molecule has 62 heavy (non-hydrogen) atoms. The molecule has 3 aliphatic heterocycles. The maximum Gasteiger partial charge on any atom is 0.227 e. The molecule has 6 aromatic carbocycles. The van der Waals surface area contributed by atoms with E-state index in [0.29, 0.717) is 34.3 Å². The summed E-state index contributed by atoms with van der Waals surface area (Å²) in [5.74, 6) is 2.69. The number of pyridine rings is 1. The van der Waals surface area contributed by atoms with Crippen LogP contribution in [0.15, 0.2) is 183 Å². The third-order valence-corrected chi connectivity index (χ3v) is 13.5. The van der Waals surface area contributed by atoms with Crippen molar-refractivity contribution in [1.82, 2.24) is 15.0 Å². The van der Waals surface area contributed by atoms with Crippen molar-refractivity contribution in [2.45, 2.75) is 31.5 Å². The van der Waals surface area contributed by atoms with Crippen LogP contribution in [0.5, 0.6) is 11.6 Å². The van der Waals surface area contributed by atoms with E-state index in [9.17, 15) is 0 Å². The van der Waals surface area contributed by atoms with Gasteiger partial charge < -0.3 is 14.0 Å². The fourth-order valence-corrected chi connectivity index (χ4v) is 10.6. The third-order valence-electron chi connectivity index (χ3n) is 13.2. The average Bonchev–Trinajstić information content (AvgIpc) is 3.33. The van der Waals surface area contributed by atoms with Gasteiger partial charge in [-0.3, -0.25) is 4.98 Å². The first kappa shape index (κ1) is 39.5. The molecule has 0 saturated carbocycles. The maximum atomic E-state index is 7.66. The summed E-state index contributed by atoms with van der Waals surface area (Å²) in [7, 11) is 1.78. The Bertz CT molecular complexity index is 2790. The second kappa shape index (κ2) is 17.0. The van der Waals surface area contributed by atoms with Crippen molar-refractivity contribution in [3.63, 3.8) is 0 Å². The van der Waals surface area contributed by atoms with Crippen molar-refractivity contribution in [3.05, 3.63) is 199 Å². The molecule has 3 aliphatic rings. The minimum Gasteiger partial charge on any atom is -0.495 e. The molecule has 3 fully saturated rings. The third kappa shape index (κ3) is 7.44. The van der Waals surface area contributed by atoms with Gasteiger partial charge in [-0.2, -0.15) is 4.98 Å². The largest absolute Gasteiger partial charge is 0.495 e. The lowest BCUT2D eigenvalue weighted by Gasteiger charge is -2.58. The van der Waals surface area contributed by atoms with Gasteiger partial charge in [0.1, 0.15) is 23.5 Å². The normalized spacial score (nSPS) is 19.8. The second-order valence-electron chi connectivity index (χ2n) is 16.7. The number of quaternary nitrogens is 1. The van der Waals surface area contributed by atoms with Crippen LogP contribution in [-0.4, -0.2) is 45.7 Å². The van der Waals surface area contributed by atoms with Crippen molar-refractivity contribution < 1.29 is 14.0 Å². The van der Waals surface area contributed by atoms with Crippen molar-refractivity contribution in [1.29, 1.82) is 0 Å². The van der Waals surface area contributed by atoms with Crippen molar-refractivity contribution in [2.75, 3.05) is 20.2 Å². The molecule has 306 valence electrons. The number of ether oxygens (including phenoxy) is 2. The molecule has 7 heteroatoms. The summed E-state index contributed by atoms with van der Waals surface area (Å²) < 4.78 is 14.8. The molecule has 4 unspecified atom stereocenters. The van der Waals surface area contributed by atoms with E-state index in [-0.39, 0.29) is 6.04 Å². The van der Waals surface area contributed by atoms with Crippen molar-refractivity contribution in [3.8, 4) is 56.4 Å². The van der Waals surface area contributed by atoms with E-state index in [0.717, 1.165) is 92.6 Å². The summed E-state index contributed by atoms with van der Waals surface area (Å²) in [6.07, 6.45) is 5.76. The van der Waals surface area contributed by atoms with E-state index in [1.807, 2.05) is 72.9 Å². The van der Waals surface area contributed by atoms with E-state index in [1.165, 1.54) is 5.56 Å². The predicted octanol–water partition coefficient (Wildman–Crippen LogP) is 13.1. The highest BCUT2D eigenvalue weighted by molar-refractivity contribution is 6.32. The first-order valence-electron chi connectivity index (χ1n) is 21.5. The highest BCUT2D eigenvalue weighted by Crippen LogP contribution is 2.51. The average molecular weight is 832 g/mol. The highest BCUT2D eigenvalue weighted by atomic mass is 35.5. The molecule has 8 aromatic rings. The number of methoxy groups -OCH3 is 1. The fourth-order valence-electron chi connectivity index (χ4n) is 10.3. The van der Waals surface area contributed by atoms with Crippen LogP contribution in [0.4, 0.5) is 0 Å². The molecule has 0 N–H and O–H groups in total. The monoisotopic (exact) mass is 831 g/mol. The molecule has 11 rings (SSSR count). The van der Waals surface area contributed by atoms with E-state index in [4.69, 9.17) is 36.0 Å². The van der Waals surface area contributed by atoms with Gasteiger partial charge in [-0.15, -0.1) is 6.58 Å². The zero-order valence-corrected chi connectivity index (χ0v) is 35.5. The molecular weight excluding hydrogens is 784 g/mol. The summed E-state index contributed by atoms with van der Waals surface area (Å²) in [5, 5.41) is 1.41. The number of halogens is 1. The van der Waals surface area contributed by atoms with Crippen LogP contribution in [0.3, 0.4) is 0 Å². The van der Waals surface area contributed by atoms with Crippen molar-refractivity contribution >= 4 is 22.5 Å². The molecule has 0 radical (unpaired) electrons. The van der Waals surface area contributed by atoms with E-state index >= 15 is 0 Å². The Hall–Kier alpha value is -6.60. The van der Waals surface area contributed by atoms with Crippen molar-refractivity contribution in [2.24, 2.45) is 11.8 Å². The van der Waals surface area contributed by atoms with Crippen LogP contribution in [-0.2, 0) is 6.54 Å². The Kier molecular flexibility index (Phi) is 10.9. The van der Waals surface area contributed by atoms with Gasteiger partial charge in [-0.25, -0.2) is 4.98 Å². The van der Waals surface area contributed by atoms with Gasteiger partial charge in [-0.1, -0.05) is 157 Å². The topological polar surface area (TPSA) is 57.1 Å². The summed E-state index contributed by atoms with van der Waals surface area (Å²) in [6.45, 7) is 7.14. The second-order valence-corrected chi connectivity index (χ2v) is 17.1. The number of aromatic nitrogens is 3. The SMILES string of the molecule is C=CC1C[N+]2(Cc3cc(-c4ccccc4)c(OC)c(-c4ccccc4)c3)CCC1CC2[C@@H](Oc1nc(-c2ccccc2)nc(Cl)c1-c1ccccc1)c1ccnc2ccccc12. The first-order valence-corrected chi connectivity index (χ1v) is 21.9. The van der Waals surface area contributed by atoms with Gasteiger partial charge in [0, 0.05) is 58.2 Å². The molecule has 0 aliphatic carbocycles. The standard InChI is InChI=1S/C55H48ClN4O2/c1-3-38-36-60(35-37-32-46(39-18-8-4-9-19-39)51(61-2)47(33-37)40-20-10-5-11-21-40)31-29-43(38)34-49(60)52(45-28-30-57-48-27-17-16-26-44(45)48)62-55-50(41-22-12-6-13-23-41)53(56)58-54(59-55)42-24-14-7-15-25-42/h3-28,30,32-33,38,43,49,52H,1,29,31,34-36H2,2H3/q+1/t38?,43?,49?,52-,60?/m0/s1. The molecule has 6 nitrogen and oxygen atoms in total. The van der Waals surface area contributed by atoms with Crippen LogP contribution >= 0.6 is 11.6 Å². The van der Waals surface area contributed by atoms with Gasteiger partial charge >= 0.3 is 0 Å². The molecular formula is C55H48ClN4O2+. The lowest BCUT2D eigenvalue weighted by atomic mass is 9.71. The van der Waals surface area contributed by atoms with Crippen LogP contribution in [0.1, 0.15) is 30.1 Å². The minimum absolute atomic E-state index is 0.0377. The van der Waals surface area contributed by atoms with Gasteiger partial charge in [0.25, 0.3) is 0 Å². The Balaban J connectivity index is 1.18. The quantitative estimate of drug-likeness (QED) is 0.0697. The van der Waals surface area contributed by atoms with Crippen LogP contribution < -0.4 is 9.47 Å². The zero-order chi connectivity index (χ0) is 42.0. The first-order chi connectivity index (χ1) is 30.5. The molecule has 0 amide bonds. The number of benzene rings is 6. The Labute approximate surface area is 368 Å². The number of piperidine rings is 3. The maximum absolute atomic E-state index is 7.66. The van der Waals surface area contributed by atoms with Gasteiger partial charge in [0.15, 0.2) is 11.9 Å². The smallest absolute Gasteiger partial charge is 0.227 e. The van der Waals surface area contributed by atoms with Crippen LogP contribution in [0.25, 0.3) is 55.7 Å². The Morgan fingerprint density at radius 2 is 1.34 bits per heavy atom. The molecule has 5 heterocycles. The summed E-state index contributed by atoms with van der Waals surface area (Å²) in [5.41, 5.74) is 10.1. The van der Waals surface area contributed by atoms with Crippen LogP contribution in [0.2, 0.25) is 5.15 Å². The molecule has 5 atom stereocenters. The molecule has 2 aromatic heterocycles. The van der Waals surface area contributed by atoms with Gasteiger partial charge in [0.2, 0.25) is 5.88 Å². The Morgan fingerprint density at radius 1 is 0.742 bits per heavy atom. The van der Waals surface area contributed by atoms with E-state index in [1.54, 1.807) is 7.11 Å². The molecule has 0 spiro atoms. The molecule has 2 bridgehead atoms. The lowest BCUT2D eigenvalue weighted by Crippen LogP contribution is -2.68. The highest BCUT2D eigenvalue weighted by Gasteiger charge is 2.55. The molecule has 3 saturated heterocycles. The number of fused-ring (bicyclic) bond motifs is 4. The zero-order valence-electron chi connectivity index (χ0n) is 34.8. The number of para-hydroxylation sites is 1. The van der Waals surface area contributed by atoms with E-state index in [2.05, 4.69) is 110 Å².